The highest BCUT2D eigenvalue weighted by molar-refractivity contribution is 9.11. The highest BCUT2D eigenvalue weighted by atomic mass is 79.9. The van der Waals surface area contributed by atoms with Crippen molar-refractivity contribution in [3.05, 3.63) is 20.4 Å². The number of hydrogen-bond donors (Lipinski definition) is 0. The molecule has 1 rings (SSSR count). The first-order valence-electron chi connectivity index (χ1n) is 3.82. The van der Waals surface area contributed by atoms with Gasteiger partial charge in [0.25, 0.3) is 0 Å². The zero-order chi connectivity index (χ0) is 10.7. The van der Waals surface area contributed by atoms with Crippen LogP contribution >= 0.6 is 15.9 Å². The number of halogens is 1. The SMILES string of the molecule is CCOC(=O)[C@H]1C=NC([N+](=O)[O-])=C1Br. The van der Waals surface area contributed by atoms with Gasteiger partial charge in [0.2, 0.25) is 0 Å². The zero-order valence-corrected chi connectivity index (χ0v) is 8.85. The summed E-state index contributed by atoms with van der Waals surface area (Å²) in [5, 5.41) is 10.4. The molecule has 0 N–H and O–H groups in total. The molecular weight excluding hydrogens is 256 g/mol. The second-order valence-electron chi connectivity index (χ2n) is 2.44. The lowest BCUT2D eigenvalue weighted by atomic mass is 10.2. The number of carbonyl (C=O) groups is 1. The van der Waals surface area contributed by atoms with Gasteiger partial charge in [-0.1, -0.05) is 0 Å². The van der Waals surface area contributed by atoms with Gasteiger partial charge >= 0.3 is 11.8 Å². The largest absolute Gasteiger partial charge is 0.465 e. The van der Waals surface area contributed by atoms with E-state index in [4.69, 9.17) is 4.74 Å². The summed E-state index contributed by atoms with van der Waals surface area (Å²) in [7, 11) is 0. The lowest BCUT2D eigenvalue weighted by Crippen LogP contribution is -2.17. The fraction of sp³-hybridized carbons (Fsp3) is 0.429. The number of hydrogen-bond acceptors (Lipinski definition) is 5. The van der Waals surface area contributed by atoms with E-state index in [-0.39, 0.29) is 16.9 Å². The fourth-order valence-electron chi connectivity index (χ4n) is 0.942. The number of nitro groups is 1. The van der Waals surface area contributed by atoms with E-state index in [9.17, 15) is 14.9 Å². The van der Waals surface area contributed by atoms with Crippen LogP contribution in [0.25, 0.3) is 0 Å². The Bertz CT molecular complexity index is 337. The Morgan fingerprint density at radius 2 is 2.50 bits per heavy atom. The van der Waals surface area contributed by atoms with Crippen molar-refractivity contribution in [2.24, 2.45) is 10.9 Å². The van der Waals surface area contributed by atoms with Crippen LogP contribution in [0.1, 0.15) is 6.92 Å². The number of ether oxygens (including phenoxy) is 1. The monoisotopic (exact) mass is 262 g/mol. The Kier molecular flexibility index (Phi) is 3.34. The molecule has 1 heterocycles. The van der Waals surface area contributed by atoms with Gasteiger partial charge in [0.1, 0.15) is 10.7 Å². The maximum absolute atomic E-state index is 11.2. The van der Waals surface area contributed by atoms with Crippen LogP contribution in [0.3, 0.4) is 0 Å². The normalized spacial score (nSPS) is 20.0. The Morgan fingerprint density at radius 1 is 1.86 bits per heavy atom. The van der Waals surface area contributed by atoms with E-state index < -0.39 is 16.8 Å². The third kappa shape index (κ3) is 1.98. The topological polar surface area (TPSA) is 81.8 Å². The Balaban J connectivity index is 2.83. The predicted octanol–water partition coefficient (Wildman–Crippen LogP) is 1.09. The minimum Gasteiger partial charge on any atom is -0.465 e. The van der Waals surface area contributed by atoms with Crippen molar-refractivity contribution in [2.75, 3.05) is 6.61 Å². The maximum atomic E-state index is 11.2. The summed E-state index contributed by atoms with van der Waals surface area (Å²) in [5.74, 6) is -1.67. The minimum atomic E-state index is -0.782. The van der Waals surface area contributed by atoms with Crippen LogP contribution in [0.15, 0.2) is 15.3 Å². The smallest absolute Gasteiger partial charge is 0.374 e. The third-order valence-corrected chi connectivity index (χ3v) is 2.39. The summed E-state index contributed by atoms with van der Waals surface area (Å²) in [4.78, 5) is 24.5. The third-order valence-electron chi connectivity index (χ3n) is 1.55. The van der Waals surface area contributed by atoms with E-state index in [1.807, 2.05) is 0 Å². The molecule has 0 amide bonds. The molecule has 0 aromatic heterocycles. The molecule has 0 saturated heterocycles. The standard InChI is InChI=1S/C7H7BrN2O4/c1-2-14-7(11)4-3-9-6(5(4)8)10(12)13/h3-4H,2H2,1H3/t4-/m0/s1. The average Bonchev–Trinajstić information content (AvgIpc) is 2.47. The molecule has 1 aliphatic rings. The molecular formula is C7H7BrN2O4. The number of carbonyl (C=O) groups excluding carboxylic acids is 1. The molecule has 1 aliphatic heterocycles. The van der Waals surface area contributed by atoms with Crippen LogP contribution in [-0.4, -0.2) is 23.7 Å². The van der Waals surface area contributed by atoms with E-state index in [0.29, 0.717) is 0 Å². The summed E-state index contributed by atoms with van der Waals surface area (Å²) in [6.45, 7) is 1.90. The quantitative estimate of drug-likeness (QED) is 0.433. The molecule has 0 unspecified atom stereocenters. The fourth-order valence-corrected chi connectivity index (χ4v) is 1.49. The van der Waals surface area contributed by atoms with Crippen molar-refractivity contribution < 1.29 is 14.5 Å². The summed E-state index contributed by atoms with van der Waals surface area (Å²) >= 11 is 2.95. The lowest BCUT2D eigenvalue weighted by Gasteiger charge is -2.03. The Hall–Kier alpha value is -1.24. The molecule has 1 atom stereocenters. The summed E-state index contributed by atoms with van der Waals surface area (Å²) in [5.41, 5.74) is 0. The minimum absolute atomic E-state index is 0.140. The number of esters is 1. The number of aliphatic imine (C=N–C) groups is 1. The molecule has 0 saturated carbocycles. The van der Waals surface area contributed by atoms with Crippen LogP contribution in [-0.2, 0) is 9.53 Å². The van der Waals surface area contributed by atoms with Crippen molar-refractivity contribution in [1.82, 2.24) is 0 Å². The zero-order valence-electron chi connectivity index (χ0n) is 7.27. The lowest BCUT2D eigenvalue weighted by molar-refractivity contribution is -0.426. The van der Waals surface area contributed by atoms with E-state index in [0.717, 1.165) is 0 Å². The van der Waals surface area contributed by atoms with Gasteiger partial charge in [0.05, 0.1) is 6.61 Å². The summed E-state index contributed by atoms with van der Waals surface area (Å²) in [6, 6.07) is 0. The van der Waals surface area contributed by atoms with Crippen molar-refractivity contribution in [1.29, 1.82) is 0 Å². The van der Waals surface area contributed by atoms with Gasteiger partial charge in [-0.15, -0.1) is 0 Å². The van der Waals surface area contributed by atoms with E-state index in [1.165, 1.54) is 6.21 Å². The van der Waals surface area contributed by atoms with E-state index in [2.05, 4.69) is 20.9 Å². The maximum Gasteiger partial charge on any atom is 0.374 e. The first kappa shape index (κ1) is 10.8. The first-order valence-corrected chi connectivity index (χ1v) is 4.62. The summed E-state index contributed by atoms with van der Waals surface area (Å²) in [6.07, 6.45) is 1.19. The van der Waals surface area contributed by atoms with E-state index in [1.54, 1.807) is 6.92 Å². The van der Waals surface area contributed by atoms with Crippen molar-refractivity contribution in [3.8, 4) is 0 Å². The molecule has 76 valence electrons. The second kappa shape index (κ2) is 4.32. The van der Waals surface area contributed by atoms with Crippen LogP contribution in [0.2, 0.25) is 0 Å². The van der Waals surface area contributed by atoms with Gasteiger partial charge in [0, 0.05) is 0 Å². The Labute approximate surface area is 87.9 Å². The number of rotatable bonds is 3. The van der Waals surface area contributed by atoms with Crippen LogP contribution in [0, 0.1) is 16.0 Å². The van der Waals surface area contributed by atoms with Crippen LogP contribution in [0.5, 0.6) is 0 Å². The molecule has 0 spiro atoms. The van der Waals surface area contributed by atoms with Gasteiger partial charge in [-0.2, -0.15) is 0 Å². The van der Waals surface area contributed by atoms with Gasteiger partial charge in [-0.25, -0.2) is 0 Å². The molecule has 6 nitrogen and oxygen atoms in total. The van der Waals surface area contributed by atoms with Gasteiger partial charge in [0.15, 0.2) is 5.92 Å². The molecule has 0 aromatic rings. The van der Waals surface area contributed by atoms with Crippen molar-refractivity contribution >= 4 is 28.1 Å². The molecule has 7 heteroatoms. The highest BCUT2D eigenvalue weighted by Crippen LogP contribution is 2.28. The first-order chi connectivity index (χ1) is 6.57. The van der Waals surface area contributed by atoms with Crippen molar-refractivity contribution in [2.45, 2.75) is 6.92 Å². The van der Waals surface area contributed by atoms with Gasteiger partial charge in [-0.3, -0.25) is 4.79 Å². The van der Waals surface area contributed by atoms with E-state index >= 15 is 0 Å². The molecule has 0 fully saturated rings. The molecule has 14 heavy (non-hydrogen) atoms. The highest BCUT2D eigenvalue weighted by Gasteiger charge is 2.35. The van der Waals surface area contributed by atoms with Gasteiger partial charge < -0.3 is 14.9 Å². The van der Waals surface area contributed by atoms with Crippen molar-refractivity contribution in [3.63, 3.8) is 0 Å². The molecule has 0 aliphatic carbocycles. The van der Waals surface area contributed by atoms with Crippen LogP contribution < -0.4 is 0 Å². The van der Waals surface area contributed by atoms with Gasteiger partial charge in [-0.05, 0) is 32.8 Å². The Morgan fingerprint density at radius 3 is 2.93 bits per heavy atom. The average molecular weight is 263 g/mol. The number of nitrogens with zero attached hydrogens (tertiary/aromatic N) is 2. The second-order valence-corrected chi connectivity index (χ2v) is 3.29. The molecule has 0 aromatic carbocycles. The summed E-state index contributed by atoms with van der Waals surface area (Å²) < 4.78 is 4.85. The molecule has 0 radical (unpaired) electrons. The molecule has 0 bridgehead atoms. The predicted molar refractivity (Wildman–Crippen MR) is 51.6 cm³/mol. The van der Waals surface area contributed by atoms with Crippen LogP contribution in [0.4, 0.5) is 0 Å².